The highest BCUT2D eigenvalue weighted by molar-refractivity contribution is 6.42. The van der Waals surface area contributed by atoms with Gasteiger partial charge < -0.3 is 14.7 Å². The van der Waals surface area contributed by atoms with Gasteiger partial charge in [0.15, 0.2) is 0 Å². The molecule has 0 atom stereocenters. The van der Waals surface area contributed by atoms with Gasteiger partial charge in [-0.1, -0.05) is 23.2 Å². The molecule has 3 fully saturated rings. The Bertz CT molecular complexity index is 766. The van der Waals surface area contributed by atoms with E-state index >= 15 is 0 Å². The van der Waals surface area contributed by atoms with Crippen molar-refractivity contribution in [1.82, 2.24) is 14.7 Å². The fourth-order valence-corrected chi connectivity index (χ4v) is 5.43. The van der Waals surface area contributed by atoms with Gasteiger partial charge >= 0.3 is 0 Å². The molecule has 0 N–H and O–H groups in total. The predicted molar refractivity (Wildman–Crippen MR) is 120 cm³/mol. The maximum atomic E-state index is 12.8. The third-order valence-electron chi connectivity index (χ3n) is 6.98. The summed E-state index contributed by atoms with van der Waals surface area (Å²) in [4.78, 5) is 32.1. The van der Waals surface area contributed by atoms with Crippen molar-refractivity contribution < 1.29 is 9.59 Å². The molecule has 3 saturated heterocycles. The van der Waals surface area contributed by atoms with Crippen LogP contribution in [0.3, 0.4) is 0 Å². The number of halogens is 2. The summed E-state index contributed by atoms with van der Waals surface area (Å²) in [6.45, 7) is 5.41. The lowest BCUT2D eigenvalue weighted by atomic mass is 9.91. The molecule has 0 aromatic heterocycles. The molecule has 1 aromatic carbocycles. The Morgan fingerprint density at radius 3 is 2.07 bits per heavy atom. The molecule has 7 heteroatoms. The Morgan fingerprint density at radius 2 is 1.43 bits per heavy atom. The summed E-state index contributed by atoms with van der Waals surface area (Å²) in [7, 11) is 0. The molecule has 3 heterocycles. The van der Waals surface area contributed by atoms with Crippen molar-refractivity contribution in [2.75, 3.05) is 39.3 Å². The number of likely N-dealkylation sites (tertiary alicyclic amines) is 3. The summed E-state index contributed by atoms with van der Waals surface area (Å²) in [5, 5.41) is 0.883. The lowest BCUT2D eigenvalue weighted by molar-refractivity contribution is -0.138. The summed E-state index contributed by atoms with van der Waals surface area (Å²) in [6.07, 6.45) is 7.48. The molecule has 3 aliphatic heterocycles. The van der Waals surface area contributed by atoms with Gasteiger partial charge in [0.05, 0.1) is 10.0 Å². The molecule has 3 aliphatic rings. The molecule has 0 radical (unpaired) electrons. The molecule has 164 valence electrons. The highest BCUT2D eigenvalue weighted by Crippen LogP contribution is 2.28. The number of hydrogen-bond acceptors (Lipinski definition) is 3. The van der Waals surface area contributed by atoms with E-state index in [1.54, 1.807) is 18.2 Å². The largest absolute Gasteiger partial charge is 0.342 e. The van der Waals surface area contributed by atoms with Gasteiger partial charge in [-0.05, 0) is 76.2 Å². The van der Waals surface area contributed by atoms with Crippen molar-refractivity contribution in [3.8, 4) is 0 Å². The highest BCUT2D eigenvalue weighted by Gasteiger charge is 2.33. The average molecular weight is 452 g/mol. The molecule has 0 saturated carbocycles. The molecule has 0 aliphatic carbocycles. The SMILES string of the molecule is O=C(c1ccc(Cl)c(Cl)c1)N1CCC(N2CCC(C(=O)N3CCCCC3)CC2)CC1. The minimum atomic E-state index is 0.0258. The Balaban J connectivity index is 1.24. The lowest BCUT2D eigenvalue weighted by Crippen LogP contribution is -2.50. The molecular formula is C23H31Cl2N3O2. The first-order valence-electron chi connectivity index (χ1n) is 11.3. The van der Waals surface area contributed by atoms with Crippen LogP contribution in [0.25, 0.3) is 0 Å². The van der Waals surface area contributed by atoms with Gasteiger partial charge in [-0.25, -0.2) is 0 Å². The van der Waals surface area contributed by atoms with Crippen LogP contribution in [0.1, 0.15) is 55.3 Å². The number of rotatable bonds is 3. The van der Waals surface area contributed by atoms with Gasteiger partial charge in [0.25, 0.3) is 5.91 Å². The van der Waals surface area contributed by atoms with E-state index in [1.807, 2.05) is 4.90 Å². The summed E-state index contributed by atoms with van der Waals surface area (Å²) in [5.41, 5.74) is 0.597. The smallest absolute Gasteiger partial charge is 0.253 e. The van der Waals surface area contributed by atoms with Crippen LogP contribution in [0, 0.1) is 5.92 Å². The van der Waals surface area contributed by atoms with Crippen LogP contribution in [0.15, 0.2) is 18.2 Å². The van der Waals surface area contributed by atoms with Crippen LogP contribution in [0.2, 0.25) is 10.0 Å². The molecule has 4 rings (SSSR count). The predicted octanol–water partition coefficient (Wildman–Crippen LogP) is 4.32. The van der Waals surface area contributed by atoms with E-state index in [1.165, 1.54) is 6.42 Å². The third kappa shape index (κ3) is 4.95. The second kappa shape index (κ2) is 9.88. The van der Waals surface area contributed by atoms with E-state index in [9.17, 15) is 9.59 Å². The van der Waals surface area contributed by atoms with E-state index < -0.39 is 0 Å². The second-order valence-electron chi connectivity index (χ2n) is 8.85. The third-order valence-corrected chi connectivity index (χ3v) is 7.72. The van der Waals surface area contributed by atoms with E-state index in [-0.39, 0.29) is 11.8 Å². The zero-order valence-electron chi connectivity index (χ0n) is 17.5. The van der Waals surface area contributed by atoms with Gasteiger partial charge in [0, 0.05) is 43.7 Å². The zero-order valence-corrected chi connectivity index (χ0v) is 19.0. The van der Waals surface area contributed by atoms with Crippen molar-refractivity contribution in [3.63, 3.8) is 0 Å². The average Bonchev–Trinajstić information content (AvgIpc) is 2.81. The number of amides is 2. The number of hydrogen-bond donors (Lipinski definition) is 0. The van der Waals surface area contributed by atoms with E-state index in [2.05, 4.69) is 9.80 Å². The number of carbonyl (C=O) groups excluding carboxylic acids is 2. The summed E-state index contributed by atoms with van der Waals surface area (Å²) in [6, 6.07) is 5.59. The minimum Gasteiger partial charge on any atom is -0.342 e. The van der Waals surface area contributed by atoms with Crippen LogP contribution in [-0.4, -0.2) is 71.8 Å². The topological polar surface area (TPSA) is 43.9 Å². The van der Waals surface area contributed by atoms with Gasteiger partial charge in [-0.3, -0.25) is 9.59 Å². The first kappa shape index (κ1) is 21.9. The highest BCUT2D eigenvalue weighted by atomic mass is 35.5. The fourth-order valence-electron chi connectivity index (χ4n) is 5.13. The van der Waals surface area contributed by atoms with Crippen molar-refractivity contribution >= 4 is 35.0 Å². The van der Waals surface area contributed by atoms with Crippen LogP contribution in [0.5, 0.6) is 0 Å². The maximum absolute atomic E-state index is 12.8. The first-order chi connectivity index (χ1) is 14.5. The lowest BCUT2D eigenvalue weighted by Gasteiger charge is -2.42. The van der Waals surface area contributed by atoms with Crippen molar-refractivity contribution in [2.45, 2.75) is 51.0 Å². The summed E-state index contributed by atoms with van der Waals surface area (Å²) in [5.74, 6) is 0.616. The quantitative estimate of drug-likeness (QED) is 0.686. The Labute approximate surface area is 189 Å². The maximum Gasteiger partial charge on any atom is 0.253 e. The van der Waals surface area contributed by atoms with Crippen molar-refractivity contribution in [1.29, 1.82) is 0 Å². The number of nitrogens with zero attached hydrogens (tertiary/aromatic N) is 3. The van der Waals surface area contributed by atoms with Crippen LogP contribution < -0.4 is 0 Å². The van der Waals surface area contributed by atoms with E-state index in [4.69, 9.17) is 23.2 Å². The van der Waals surface area contributed by atoms with Crippen molar-refractivity contribution in [3.05, 3.63) is 33.8 Å². The zero-order chi connectivity index (χ0) is 21.1. The molecule has 30 heavy (non-hydrogen) atoms. The second-order valence-corrected chi connectivity index (χ2v) is 9.66. The Hall–Kier alpha value is -1.30. The normalized spacial score (nSPS) is 22.3. The van der Waals surface area contributed by atoms with E-state index in [0.29, 0.717) is 27.6 Å². The van der Waals surface area contributed by atoms with Gasteiger partial charge in [-0.15, -0.1) is 0 Å². The molecule has 0 bridgehead atoms. The summed E-state index contributed by atoms with van der Waals surface area (Å²) < 4.78 is 0. The number of carbonyl (C=O) groups is 2. The monoisotopic (exact) mass is 451 g/mol. The van der Waals surface area contributed by atoms with Crippen molar-refractivity contribution in [2.24, 2.45) is 5.92 Å². The van der Waals surface area contributed by atoms with Crippen LogP contribution in [-0.2, 0) is 4.79 Å². The Kier molecular flexibility index (Phi) is 7.22. The standard InChI is InChI=1S/C23H31Cl2N3O2/c24-20-5-4-18(16-21(20)25)23(30)28-14-8-19(9-15-28)26-12-6-17(7-13-26)22(29)27-10-2-1-3-11-27/h4-5,16-17,19H,1-3,6-15H2. The van der Waals surface area contributed by atoms with Gasteiger partial charge in [-0.2, -0.15) is 0 Å². The van der Waals surface area contributed by atoms with Crippen LogP contribution in [0.4, 0.5) is 0 Å². The van der Waals surface area contributed by atoms with Gasteiger partial charge in [0.1, 0.15) is 0 Å². The first-order valence-corrected chi connectivity index (χ1v) is 12.1. The summed E-state index contributed by atoms with van der Waals surface area (Å²) >= 11 is 12.0. The number of piperidine rings is 3. The Morgan fingerprint density at radius 1 is 0.767 bits per heavy atom. The van der Waals surface area contributed by atoms with Gasteiger partial charge in [0.2, 0.25) is 5.91 Å². The molecule has 0 unspecified atom stereocenters. The van der Waals surface area contributed by atoms with E-state index in [0.717, 1.165) is 77.8 Å². The molecule has 5 nitrogen and oxygen atoms in total. The van der Waals surface area contributed by atoms with Crippen LogP contribution >= 0.6 is 23.2 Å². The molecule has 2 amide bonds. The number of benzene rings is 1. The fraction of sp³-hybridized carbons (Fsp3) is 0.652. The minimum absolute atomic E-state index is 0.0258. The molecular weight excluding hydrogens is 421 g/mol. The molecule has 0 spiro atoms. The molecule has 1 aromatic rings.